The topological polar surface area (TPSA) is 162 Å². The molecule has 2 atom stereocenters. The zero-order valence-electron chi connectivity index (χ0n) is 17.9. The fraction of sp³-hybridized carbons (Fsp3) is 0.611. The molecule has 2 aliphatic rings. The maximum atomic E-state index is 12.7. The van der Waals surface area contributed by atoms with E-state index in [1.165, 1.54) is 6.08 Å². The molecule has 180 valence electrons. The molecule has 0 saturated carbocycles. The van der Waals surface area contributed by atoms with E-state index in [0.717, 1.165) is 6.92 Å². The lowest BCUT2D eigenvalue weighted by Crippen LogP contribution is -2.35. The summed E-state index contributed by atoms with van der Waals surface area (Å²) in [6.07, 6.45) is 1.51. The Morgan fingerprint density at radius 2 is 1.94 bits per heavy atom. The SMILES string of the molecule is CCN[C@H]1C=C(S(=O)(=O)NC(=O)CCCOC(=O)COC(C)=O)SC2=C1C[C@H](C)S2(=O)=O. The molecule has 2 N–H and O–H groups in total. The van der Waals surface area contributed by atoms with Gasteiger partial charge in [0.1, 0.15) is 8.47 Å². The van der Waals surface area contributed by atoms with E-state index in [1.54, 1.807) is 6.92 Å². The minimum Gasteiger partial charge on any atom is -0.463 e. The normalized spacial score (nSPS) is 22.0. The lowest BCUT2D eigenvalue weighted by Gasteiger charge is -2.23. The summed E-state index contributed by atoms with van der Waals surface area (Å²) in [6, 6.07) is -0.561. The molecule has 2 aliphatic heterocycles. The van der Waals surface area contributed by atoms with Crippen LogP contribution in [0, 0.1) is 0 Å². The summed E-state index contributed by atoms with van der Waals surface area (Å²) < 4.78 is 61.5. The molecule has 0 aromatic rings. The van der Waals surface area contributed by atoms with Gasteiger partial charge in [-0.2, -0.15) is 0 Å². The van der Waals surface area contributed by atoms with Crippen molar-refractivity contribution in [3.05, 3.63) is 20.1 Å². The van der Waals surface area contributed by atoms with E-state index in [0.29, 0.717) is 30.3 Å². The van der Waals surface area contributed by atoms with Crippen molar-refractivity contribution in [2.24, 2.45) is 0 Å². The van der Waals surface area contributed by atoms with Gasteiger partial charge in [-0.3, -0.25) is 9.59 Å². The highest BCUT2D eigenvalue weighted by Gasteiger charge is 2.43. The fourth-order valence-electron chi connectivity index (χ4n) is 3.03. The number of rotatable bonds is 10. The first kappa shape index (κ1) is 26.4. The van der Waals surface area contributed by atoms with Crippen LogP contribution in [0.25, 0.3) is 0 Å². The summed E-state index contributed by atoms with van der Waals surface area (Å²) in [5.74, 6) is -2.26. The van der Waals surface area contributed by atoms with Crippen LogP contribution in [0.15, 0.2) is 20.1 Å². The van der Waals surface area contributed by atoms with E-state index >= 15 is 0 Å². The predicted molar refractivity (Wildman–Crippen MR) is 117 cm³/mol. The minimum atomic E-state index is -4.29. The van der Waals surface area contributed by atoms with Gasteiger partial charge < -0.3 is 14.8 Å². The number of sulfone groups is 1. The molecule has 0 aromatic heterocycles. The maximum Gasteiger partial charge on any atom is 0.344 e. The van der Waals surface area contributed by atoms with Crippen LogP contribution < -0.4 is 10.0 Å². The number of esters is 2. The van der Waals surface area contributed by atoms with Gasteiger partial charge in [-0.1, -0.05) is 18.7 Å². The Morgan fingerprint density at radius 1 is 1.25 bits per heavy atom. The predicted octanol–water partition coefficient (Wildman–Crippen LogP) is 0.304. The second kappa shape index (κ2) is 10.8. The van der Waals surface area contributed by atoms with E-state index < -0.39 is 55.6 Å². The van der Waals surface area contributed by atoms with E-state index in [2.05, 4.69) is 10.1 Å². The molecule has 0 fully saturated rings. The molecule has 0 aliphatic carbocycles. The molecule has 11 nitrogen and oxygen atoms in total. The zero-order chi connectivity index (χ0) is 24.1. The lowest BCUT2D eigenvalue weighted by molar-refractivity contribution is -0.157. The van der Waals surface area contributed by atoms with Crippen LogP contribution in [0.5, 0.6) is 0 Å². The molecule has 0 saturated heterocycles. The van der Waals surface area contributed by atoms with Gasteiger partial charge in [-0.15, -0.1) is 0 Å². The van der Waals surface area contributed by atoms with Crippen molar-refractivity contribution in [1.82, 2.24) is 10.0 Å². The summed E-state index contributed by atoms with van der Waals surface area (Å²) in [6.45, 7) is 4.31. The Labute approximate surface area is 191 Å². The molecular weight excluding hydrogens is 484 g/mol. The van der Waals surface area contributed by atoms with Crippen molar-refractivity contribution in [3.63, 3.8) is 0 Å². The third kappa shape index (κ3) is 6.56. The van der Waals surface area contributed by atoms with Crippen LogP contribution in [0.1, 0.15) is 40.0 Å². The van der Waals surface area contributed by atoms with Crippen LogP contribution in [0.4, 0.5) is 0 Å². The smallest absolute Gasteiger partial charge is 0.344 e. The second-order valence-electron chi connectivity index (χ2n) is 7.13. The molecule has 0 radical (unpaired) electrons. The quantitative estimate of drug-likeness (QED) is 0.307. The van der Waals surface area contributed by atoms with Crippen molar-refractivity contribution in [2.45, 2.75) is 51.3 Å². The van der Waals surface area contributed by atoms with E-state index in [1.807, 2.05) is 11.6 Å². The monoisotopic (exact) mass is 510 g/mol. The van der Waals surface area contributed by atoms with Gasteiger partial charge in [-0.05, 0) is 38.0 Å². The van der Waals surface area contributed by atoms with E-state index in [-0.39, 0.29) is 27.9 Å². The van der Waals surface area contributed by atoms with E-state index in [9.17, 15) is 31.2 Å². The van der Waals surface area contributed by atoms with E-state index in [4.69, 9.17) is 4.74 Å². The fourth-order valence-corrected chi connectivity index (χ4v) is 8.11. The van der Waals surface area contributed by atoms with Crippen LogP contribution >= 0.6 is 11.8 Å². The number of sulfonamides is 1. The number of likely N-dealkylation sites (N-methyl/N-ethyl adjacent to an activating group) is 1. The average molecular weight is 511 g/mol. The van der Waals surface area contributed by atoms with Crippen molar-refractivity contribution in [3.8, 4) is 0 Å². The van der Waals surface area contributed by atoms with Crippen molar-refractivity contribution in [1.29, 1.82) is 0 Å². The Balaban J connectivity index is 1.96. The summed E-state index contributed by atoms with van der Waals surface area (Å²) in [4.78, 5) is 34.0. The summed E-state index contributed by atoms with van der Waals surface area (Å²) in [5.41, 5.74) is 0.630. The molecule has 0 aromatic carbocycles. The number of ether oxygens (including phenoxy) is 2. The highest BCUT2D eigenvalue weighted by atomic mass is 32.3. The number of hydrogen-bond donors (Lipinski definition) is 2. The number of hydrogen-bond acceptors (Lipinski definition) is 11. The first-order valence-corrected chi connectivity index (χ1v) is 13.7. The molecule has 0 unspecified atom stereocenters. The van der Waals surface area contributed by atoms with Gasteiger partial charge in [0.05, 0.1) is 17.9 Å². The van der Waals surface area contributed by atoms with Gasteiger partial charge in [0.15, 0.2) is 16.4 Å². The van der Waals surface area contributed by atoms with Gasteiger partial charge in [0.2, 0.25) is 5.91 Å². The number of carbonyl (C=O) groups is 3. The Kier molecular flexibility index (Phi) is 8.90. The lowest BCUT2D eigenvalue weighted by atomic mass is 10.0. The molecule has 2 rings (SSSR count). The van der Waals surface area contributed by atoms with Gasteiger partial charge >= 0.3 is 11.9 Å². The first-order chi connectivity index (χ1) is 14.9. The summed E-state index contributed by atoms with van der Waals surface area (Å²) >= 11 is 0.631. The molecule has 2 heterocycles. The van der Waals surface area contributed by atoms with Crippen molar-refractivity contribution >= 4 is 49.5 Å². The van der Waals surface area contributed by atoms with Gasteiger partial charge in [0.25, 0.3) is 10.0 Å². The summed E-state index contributed by atoms with van der Waals surface area (Å²) in [5, 5.41) is 2.43. The van der Waals surface area contributed by atoms with Crippen molar-refractivity contribution in [2.75, 3.05) is 19.8 Å². The van der Waals surface area contributed by atoms with Gasteiger partial charge in [-0.25, -0.2) is 26.4 Å². The third-order valence-corrected chi connectivity index (χ3v) is 10.4. The van der Waals surface area contributed by atoms with Crippen LogP contribution in [-0.4, -0.2) is 65.7 Å². The van der Waals surface area contributed by atoms with Crippen LogP contribution in [0.2, 0.25) is 0 Å². The standard InChI is InChI=1S/C18H26N2O9S3/c1-4-19-14-9-17(30-18-13(14)8-11(2)31(18,24)25)32(26,27)20-15(22)6-5-7-28-16(23)10-29-12(3)21/h9,11,14,19H,4-8,10H2,1-3H3,(H,20,22)/t11-,14-/m0/s1. The number of amides is 1. The molecule has 0 bridgehead atoms. The highest BCUT2D eigenvalue weighted by Crippen LogP contribution is 2.47. The molecular formula is C18H26N2O9S3. The number of nitrogens with one attached hydrogen (secondary N) is 2. The van der Waals surface area contributed by atoms with Gasteiger partial charge in [0, 0.05) is 13.3 Å². The Hall–Kier alpha value is -1.90. The molecule has 0 spiro atoms. The largest absolute Gasteiger partial charge is 0.463 e. The Bertz CT molecular complexity index is 1050. The Morgan fingerprint density at radius 3 is 2.56 bits per heavy atom. The maximum absolute atomic E-state index is 12.7. The number of thioether (sulfide) groups is 1. The number of carbonyl (C=O) groups excluding carboxylic acids is 3. The molecule has 14 heteroatoms. The minimum absolute atomic E-state index is 0.0194. The highest BCUT2D eigenvalue weighted by molar-refractivity contribution is 8.28. The summed E-state index contributed by atoms with van der Waals surface area (Å²) in [7, 11) is -7.92. The zero-order valence-corrected chi connectivity index (χ0v) is 20.3. The molecule has 1 amide bonds. The molecule has 32 heavy (non-hydrogen) atoms. The van der Waals surface area contributed by atoms with Crippen LogP contribution in [-0.2, 0) is 43.7 Å². The third-order valence-electron chi connectivity index (χ3n) is 4.57. The van der Waals surface area contributed by atoms with Crippen LogP contribution in [0.3, 0.4) is 0 Å². The van der Waals surface area contributed by atoms with Crippen molar-refractivity contribution < 1.29 is 40.7 Å². The second-order valence-corrected chi connectivity index (χ2v) is 12.7. The first-order valence-electron chi connectivity index (χ1n) is 9.83. The average Bonchev–Trinajstić information content (AvgIpc) is 2.93.